The Morgan fingerprint density at radius 2 is 1.78 bits per heavy atom. The van der Waals surface area contributed by atoms with Crippen molar-refractivity contribution in [2.24, 2.45) is 5.41 Å². The van der Waals surface area contributed by atoms with Crippen LogP contribution in [0.2, 0.25) is 0 Å². The maximum absolute atomic E-state index is 14.7. The minimum atomic E-state index is -0.324. The summed E-state index contributed by atoms with van der Waals surface area (Å²) >= 11 is 0. The number of aromatic amines is 1. The number of nitrogens with one attached hydrogen (secondary N) is 5. The third-order valence-electron chi connectivity index (χ3n) is 7.52. The molecule has 1 aliphatic rings. The summed E-state index contributed by atoms with van der Waals surface area (Å²) in [5.41, 5.74) is 7.74. The van der Waals surface area contributed by atoms with Crippen LogP contribution in [0.1, 0.15) is 39.1 Å². The summed E-state index contributed by atoms with van der Waals surface area (Å²) in [7, 11) is 4.01. The molecule has 0 fully saturated rings. The van der Waals surface area contributed by atoms with E-state index in [9.17, 15) is 9.18 Å². The topological polar surface area (TPSA) is 123 Å². The average molecular weight is 608 g/mol. The van der Waals surface area contributed by atoms with Gasteiger partial charge in [-0.15, -0.1) is 0 Å². The van der Waals surface area contributed by atoms with Crippen LogP contribution in [0.25, 0.3) is 33.3 Å². The summed E-state index contributed by atoms with van der Waals surface area (Å²) in [6.45, 7) is 7.63. The normalized spacial score (nSPS) is 14.2. The van der Waals surface area contributed by atoms with E-state index in [0.29, 0.717) is 24.3 Å². The number of halogens is 1. The Morgan fingerprint density at radius 1 is 0.978 bits per heavy atom. The second-order valence-corrected chi connectivity index (χ2v) is 12.9. The molecule has 5 aromatic rings. The number of amides is 1. The first-order chi connectivity index (χ1) is 21.5. The van der Waals surface area contributed by atoms with Crippen LogP contribution in [0.4, 0.5) is 27.1 Å². The standard InChI is InChI=1S/C34H38FN9O/c1-34(2,3)16-29(45)39-25-13-21(17-36-19-25)22-14-27-31(42-43-32(27)38-18-22)33-40-28-8-6-7-26(30(28)41-33)20-11-23(35)15-24(12-20)37-9-10-44(4)5/h6-8,11-15,17-19,33,37,40-41H,9-10,16H2,1-5H3,(H,39,45)(H,38,42,43). The molecule has 45 heavy (non-hydrogen) atoms. The molecule has 11 heteroatoms. The molecule has 1 atom stereocenters. The number of carbonyl (C=O) groups is 1. The molecule has 232 valence electrons. The highest BCUT2D eigenvalue weighted by Crippen LogP contribution is 2.43. The molecule has 0 aliphatic carbocycles. The summed E-state index contributed by atoms with van der Waals surface area (Å²) in [5.74, 6) is -0.357. The fourth-order valence-electron chi connectivity index (χ4n) is 5.47. The number of pyridine rings is 2. The van der Waals surface area contributed by atoms with E-state index in [0.717, 1.165) is 56.9 Å². The first kappa shape index (κ1) is 30.0. The Morgan fingerprint density at radius 3 is 2.58 bits per heavy atom. The van der Waals surface area contributed by atoms with Gasteiger partial charge in [0.2, 0.25) is 5.91 Å². The van der Waals surface area contributed by atoms with Crippen molar-refractivity contribution in [3.63, 3.8) is 0 Å². The summed E-state index contributed by atoms with van der Waals surface area (Å²) in [6, 6.07) is 14.9. The first-order valence-electron chi connectivity index (χ1n) is 15.0. The molecule has 5 N–H and O–H groups in total. The average Bonchev–Trinajstić information content (AvgIpc) is 3.59. The molecule has 6 rings (SSSR count). The van der Waals surface area contributed by atoms with E-state index in [-0.39, 0.29) is 23.3 Å². The molecule has 1 aliphatic heterocycles. The van der Waals surface area contributed by atoms with Gasteiger partial charge in [0.05, 0.1) is 29.0 Å². The van der Waals surface area contributed by atoms with E-state index < -0.39 is 0 Å². The second kappa shape index (κ2) is 12.2. The molecule has 10 nitrogen and oxygen atoms in total. The maximum atomic E-state index is 14.7. The van der Waals surface area contributed by atoms with Crippen LogP contribution in [-0.4, -0.2) is 58.2 Å². The zero-order valence-electron chi connectivity index (χ0n) is 26.1. The van der Waals surface area contributed by atoms with Gasteiger partial charge >= 0.3 is 0 Å². The summed E-state index contributed by atoms with van der Waals surface area (Å²) in [6.07, 6.45) is 5.22. The first-order valence-corrected chi connectivity index (χ1v) is 15.0. The Bertz CT molecular complexity index is 1860. The number of anilines is 4. The Labute approximate surface area is 261 Å². The van der Waals surface area contributed by atoms with Crippen molar-refractivity contribution in [3.8, 4) is 22.3 Å². The molecule has 1 amide bonds. The van der Waals surface area contributed by atoms with Gasteiger partial charge in [0, 0.05) is 59.7 Å². The molecular weight excluding hydrogens is 569 g/mol. The van der Waals surface area contributed by atoms with Crippen molar-refractivity contribution in [2.75, 3.05) is 48.5 Å². The number of H-pyrrole nitrogens is 1. The third-order valence-corrected chi connectivity index (χ3v) is 7.52. The van der Waals surface area contributed by atoms with Crippen LogP contribution in [-0.2, 0) is 4.79 Å². The molecule has 0 spiro atoms. The molecule has 0 saturated carbocycles. The van der Waals surface area contributed by atoms with Crippen molar-refractivity contribution in [2.45, 2.75) is 33.4 Å². The number of hydrogen-bond acceptors (Lipinski definition) is 8. The smallest absolute Gasteiger partial charge is 0.224 e. The van der Waals surface area contributed by atoms with Crippen molar-refractivity contribution < 1.29 is 9.18 Å². The highest BCUT2D eigenvalue weighted by molar-refractivity contribution is 5.94. The summed E-state index contributed by atoms with van der Waals surface area (Å²) < 4.78 is 14.7. The van der Waals surface area contributed by atoms with Gasteiger partial charge in [0.1, 0.15) is 12.0 Å². The number of carbonyl (C=O) groups excluding carboxylic acids is 1. The van der Waals surface area contributed by atoms with Crippen molar-refractivity contribution in [1.82, 2.24) is 25.1 Å². The lowest BCUT2D eigenvalue weighted by atomic mass is 9.92. The molecule has 0 saturated heterocycles. The SMILES string of the molecule is CN(C)CCNc1cc(F)cc(-c2cccc3c2NC(c2[nH]nc4ncc(-c5cncc(NC(=O)CC(C)(C)C)c5)cc24)N3)c1. The van der Waals surface area contributed by atoms with Crippen LogP contribution in [0.15, 0.2) is 67.1 Å². The van der Waals surface area contributed by atoms with E-state index in [1.54, 1.807) is 24.7 Å². The molecule has 0 radical (unpaired) electrons. The Balaban J connectivity index is 1.25. The largest absolute Gasteiger partial charge is 0.384 e. The maximum Gasteiger partial charge on any atom is 0.224 e. The van der Waals surface area contributed by atoms with Crippen LogP contribution in [0.5, 0.6) is 0 Å². The molecule has 4 heterocycles. The molecule has 3 aromatic heterocycles. The number of likely N-dealkylation sites (N-methyl/N-ethyl adjacent to an activating group) is 1. The van der Waals surface area contributed by atoms with E-state index in [4.69, 9.17) is 0 Å². The van der Waals surface area contributed by atoms with Gasteiger partial charge in [-0.25, -0.2) is 9.37 Å². The minimum Gasteiger partial charge on any atom is -0.384 e. The summed E-state index contributed by atoms with van der Waals surface area (Å²) in [5, 5.41) is 21.8. The second-order valence-electron chi connectivity index (χ2n) is 12.9. The summed E-state index contributed by atoms with van der Waals surface area (Å²) in [4.78, 5) is 23.5. The lowest BCUT2D eigenvalue weighted by molar-refractivity contribution is -0.117. The van der Waals surface area contributed by atoms with Gasteiger partial charge in [0.25, 0.3) is 0 Å². The highest BCUT2D eigenvalue weighted by Gasteiger charge is 2.27. The molecule has 2 aromatic carbocycles. The Kier molecular flexibility index (Phi) is 8.11. The number of hydrogen-bond donors (Lipinski definition) is 5. The molecular formula is C34H38FN9O. The predicted molar refractivity (Wildman–Crippen MR) is 179 cm³/mol. The fourth-order valence-corrected chi connectivity index (χ4v) is 5.47. The predicted octanol–water partition coefficient (Wildman–Crippen LogP) is 6.71. The monoisotopic (exact) mass is 607 g/mol. The van der Waals surface area contributed by atoms with Gasteiger partial charge in [-0.1, -0.05) is 32.9 Å². The zero-order chi connectivity index (χ0) is 31.7. The molecule has 1 unspecified atom stereocenters. The van der Waals surface area contributed by atoms with E-state index in [2.05, 4.69) is 46.3 Å². The number of rotatable bonds is 9. The minimum absolute atomic E-state index is 0.0560. The number of benzene rings is 2. The van der Waals surface area contributed by atoms with E-state index in [1.165, 1.54) is 6.07 Å². The van der Waals surface area contributed by atoms with Crippen molar-refractivity contribution in [1.29, 1.82) is 0 Å². The van der Waals surface area contributed by atoms with E-state index in [1.807, 2.05) is 71.3 Å². The van der Waals surface area contributed by atoms with Crippen LogP contribution >= 0.6 is 0 Å². The van der Waals surface area contributed by atoms with Gasteiger partial charge < -0.3 is 26.2 Å². The van der Waals surface area contributed by atoms with Crippen LogP contribution in [0, 0.1) is 11.2 Å². The van der Waals surface area contributed by atoms with Gasteiger partial charge in [-0.05, 0) is 61.5 Å². The number of fused-ring (bicyclic) bond motifs is 2. The van der Waals surface area contributed by atoms with Gasteiger partial charge in [-0.2, -0.15) is 5.10 Å². The van der Waals surface area contributed by atoms with Gasteiger partial charge in [0.15, 0.2) is 5.65 Å². The number of para-hydroxylation sites is 1. The fraction of sp³-hybridized carbons (Fsp3) is 0.294. The Hall–Kier alpha value is -5.03. The lowest BCUT2D eigenvalue weighted by Gasteiger charge is -2.17. The number of aromatic nitrogens is 4. The van der Waals surface area contributed by atoms with Crippen molar-refractivity contribution >= 4 is 39.7 Å². The third kappa shape index (κ3) is 6.88. The zero-order valence-corrected chi connectivity index (χ0v) is 26.1. The molecule has 0 bridgehead atoms. The van der Waals surface area contributed by atoms with E-state index >= 15 is 0 Å². The van der Waals surface area contributed by atoms with Crippen LogP contribution < -0.4 is 21.3 Å². The van der Waals surface area contributed by atoms with Crippen LogP contribution in [0.3, 0.4) is 0 Å². The van der Waals surface area contributed by atoms with Gasteiger partial charge in [-0.3, -0.25) is 14.9 Å². The highest BCUT2D eigenvalue weighted by atomic mass is 19.1. The van der Waals surface area contributed by atoms with Crippen molar-refractivity contribution in [3.05, 3.63) is 78.6 Å². The number of nitrogens with zero attached hydrogens (tertiary/aromatic N) is 4. The quantitative estimate of drug-likeness (QED) is 0.125. The lowest BCUT2D eigenvalue weighted by Crippen LogP contribution is -2.20.